The zero-order chi connectivity index (χ0) is 23.1. The Kier molecular flexibility index (Phi) is 8.77. The van der Waals surface area contributed by atoms with Crippen molar-refractivity contribution in [1.82, 2.24) is 5.43 Å². The SMILES string of the molecule is COc1cc(C(=O)N/N=C\c2cc(Cl)c(OCc3ccc(Br)cc3)c(OC)c2)ccc1I. The molecule has 0 radical (unpaired) electrons. The number of benzene rings is 3. The molecule has 6 nitrogen and oxygen atoms in total. The number of ether oxygens (including phenoxy) is 3. The van der Waals surface area contributed by atoms with Gasteiger partial charge >= 0.3 is 0 Å². The molecule has 3 aromatic rings. The molecule has 0 heterocycles. The van der Waals surface area contributed by atoms with Crippen LogP contribution in [0.3, 0.4) is 0 Å². The van der Waals surface area contributed by atoms with E-state index in [1.807, 2.05) is 24.3 Å². The third-order valence-corrected chi connectivity index (χ3v) is 6.04. The van der Waals surface area contributed by atoms with Gasteiger partial charge in [-0.2, -0.15) is 5.10 Å². The first-order valence-corrected chi connectivity index (χ1v) is 11.6. The Morgan fingerprint density at radius 2 is 1.81 bits per heavy atom. The molecule has 166 valence electrons. The maximum Gasteiger partial charge on any atom is 0.271 e. The molecule has 1 amide bonds. The summed E-state index contributed by atoms with van der Waals surface area (Å²) in [5, 5.41) is 4.39. The van der Waals surface area contributed by atoms with E-state index in [2.05, 4.69) is 49.0 Å². The van der Waals surface area contributed by atoms with E-state index in [1.54, 1.807) is 37.4 Å². The van der Waals surface area contributed by atoms with Crippen molar-refractivity contribution < 1.29 is 19.0 Å². The normalized spacial score (nSPS) is 10.8. The average molecular weight is 630 g/mol. The molecular weight excluding hydrogens is 611 g/mol. The van der Waals surface area contributed by atoms with Gasteiger partial charge in [-0.1, -0.05) is 39.7 Å². The lowest BCUT2D eigenvalue weighted by atomic mass is 10.2. The Labute approximate surface area is 213 Å². The fourth-order valence-electron chi connectivity index (χ4n) is 2.72. The number of amides is 1. The zero-order valence-electron chi connectivity index (χ0n) is 17.2. The van der Waals surface area contributed by atoms with Gasteiger partial charge in [0.25, 0.3) is 5.91 Å². The summed E-state index contributed by atoms with van der Waals surface area (Å²) in [6.45, 7) is 0.340. The molecule has 0 unspecified atom stereocenters. The quantitative estimate of drug-likeness (QED) is 0.187. The molecule has 1 N–H and O–H groups in total. The molecule has 0 aliphatic heterocycles. The van der Waals surface area contributed by atoms with Crippen LogP contribution in [0.15, 0.2) is 64.2 Å². The smallest absolute Gasteiger partial charge is 0.271 e. The van der Waals surface area contributed by atoms with Crippen LogP contribution >= 0.6 is 50.1 Å². The van der Waals surface area contributed by atoms with Gasteiger partial charge in [-0.25, -0.2) is 5.43 Å². The molecule has 0 saturated heterocycles. The second-order valence-corrected chi connectivity index (χ2v) is 8.98. The molecule has 0 fully saturated rings. The number of carbonyl (C=O) groups is 1. The topological polar surface area (TPSA) is 69.2 Å². The maximum atomic E-state index is 12.3. The highest BCUT2D eigenvalue weighted by molar-refractivity contribution is 14.1. The van der Waals surface area contributed by atoms with Crippen molar-refractivity contribution in [3.05, 3.63) is 84.4 Å². The molecule has 3 rings (SSSR count). The van der Waals surface area contributed by atoms with E-state index in [1.165, 1.54) is 13.3 Å². The number of rotatable bonds is 8. The molecule has 0 spiro atoms. The lowest BCUT2D eigenvalue weighted by molar-refractivity contribution is 0.0954. The average Bonchev–Trinajstić information content (AvgIpc) is 2.79. The number of halogens is 3. The van der Waals surface area contributed by atoms with E-state index in [4.69, 9.17) is 25.8 Å². The monoisotopic (exact) mass is 628 g/mol. The summed E-state index contributed by atoms with van der Waals surface area (Å²) in [6, 6.07) is 16.4. The number of nitrogens with zero attached hydrogens (tertiary/aromatic N) is 1. The van der Waals surface area contributed by atoms with Crippen LogP contribution in [0.1, 0.15) is 21.5 Å². The number of carbonyl (C=O) groups excluding carboxylic acids is 1. The zero-order valence-corrected chi connectivity index (χ0v) is 21.7. The first-order chi connectivity index (χ1) is 15.4. The molecule has 32 heavy (non-hydrogen) atoms. The van der Waals surface area contributed by atoms with Crippen LogP contribution in [0.5, 0.6) is 17.2 Å². The van der Waals surface area contributed by atoms with Gasteiger partial charge in [0, 0.05) is 10.0 Å². The summed E-state index contributed by atoms with van der Waals surface area (Å²) in [5.41, 5.74) is 4.57. The molecule has 9 heteroatoms. The van der Waals surface area contributed by atoms with Gasteiger partial charge in [-0.3, -0.25) is 4.79 Å². The highest BCUT2D eigenvalue weighted by atomic mass is 127. The summed E-state index contributed by atoms with van der Waals surface area (Å²) in [5.74, 6) is 1.16. The minimum absolute atomic E-state index is 0.340. The van der Waals surface area contributed by atoms with Gasteiger partial charge in [0.05, 0.1) is 29.0 Å². The van der Waals surface area contributed by atoms with Gasteiger partial charge in [0.1, 0.15) is 12.4 Å². The highest BCUT2D eigenvalue weighted by Crippen LogP contribution is 2.36. The lowest BCUT2D eigenvalue weighted by Gasteiger charge is -2.13. The summed E-state index contributed by atoms with van der Waals surface area (Å²) < 4.78 is 18.4. The van der Waals surface area contributed by atoms with Gasteiger partial charge in [-0.15, -0.1) is 0 Å². The van der Waals surface area contributed by atoms with E-state index in [-0.39, 0.29) is 5.91 Å². The highest BCUT2D eigenvalue weighted by Gasteiger charge is 2.12. The summed E-state index contributed by atoms with van der Waals surface area (Å²) in [6.07, 6.45) is 1.48. The first-order valence-electron chi connectivity index (χ1n) is 9.33. The van der Waals surface area contributed by atoms with Crippen molar-refractivity contribution in [2.45, 2.75) is 6.61 Å². The molecule has 0 bridgehead atoms. The second kappa shape index (κ2) is 11.5. The van der Waals surface area contributed by atoms with E-state index < -0.39 is 0 Å². The van der Waals surface area contributed by atoms with Crippen LogP contribution in [0.2, 0.25) is 5.02 Å². The first kappa shape index (κ1) is 24.3. The van der Waals surface area contributed by atoms with Crippen LogP contribution in [0.25, 0.3) is 0 Å². The Morgan fingerprint density at radius 3 is 2.50 bits per heavy atom. The number of nitrogens with one attached hydrogen (secondary N) is 1. The Bertz CT molecular complexity index is 1140. The van der Waals surface area contributed by atoms with Crippen LogP contribution < -0.4 is 19.6 Å². The van der Waals surface area contributed by atoms with Crippen LogP contribution in [-0.2, 0) is 6.61 Å². The second-order valence-electron chi connectivity index (χ2n) is 6.50. The number of hydrazone groups is 1. The summed E-state index contributed by atoms with van der Waals surface area (Å²) in [7, 11) is 3.09. The van der Waals surface area contributed by atoms with E-state index in [0.717, 1.165) is 13.6 Å². The van der Waals surface area contributed by atoms with E-state index in [9.17, 15) is 4.79 Å². The molecule has 0 saturated carbocycles. The fraction of sp³-hybridized carbons (Fsp3) is 0.130. The van der Waals surface area contributed by atoms with Gasteiger partial charge < -0.3 is 14.2 Å². The molecule has 0 atom stereocenters. The molecular formula is C23H19BrClIN2O4. The lowest BCUT2D eigenvalue weighted by Crippen LogP contribution is -2.17. The van der Waals surface area contributed by atoms with Crippen molar-refractivity contribution in [2.24, 2.45) is 5.10 Å². The Hall–Kier alpha value is -2.30. The van der Waals surface area contributed by atoms with E-state index >= 15 is 0 Å². The maximum absolute atomic E-state index is 12.3. The predicted octanol–water partition coefficient (Wildman–Crippen LogP) is 6.07. The van der Waals surface area contributed by atoms with Crippen LogP contribution in [0.4, 0.5) is 0 Å². The van der Waals surface area contributed by atoms with Crippen molar-refractivity contribution in [3.8, 4) is 17.2 Å². The fourth-order valence-corrected chi connectivity index (χ4v) is 3.82. The van der Waals surface area contributed by atoms with Crippen LogP contribution in [0, 0.1) is 3.57 Å². The molecule has 0 aliphatic carbocycles. The minimum atomic E-state index is -0.358. The standard InChI is InChI=1S/C23H19BrClIN2O4/c1-30-20-11-16(5-8-19(20)26)23(29)28-27-12-15-9-18(25)22(21(10-15)31-2)32-13-14-3-6-17(24)7-4-14/h3-12H,13H2,1-2H3,(H,28,29)/b27-12-. The molecule has 0 aliphatic rings. The summed E-state index contributed by atoms with van der Waals surface area (Å²) in [4.78, 5) is 12.3. The van der Waals surface area contributed by atoms with Gasteiger partial charge in [0.15, 0.2) is 11.5 Å². The Balaban J connectivity index is 1.69. The predicted molar refractivity (Wildman–Crippen MR) is 137 cm³/mol. The third kappa shape index (κ3) is 6.36. The minimum Gasteiger partial charge on any atom is -0.496 e. The van der Waals surface area contributed by atoms with Crippen molar-refractivity contribution in [3.63, 3.8) is 0 Å². The van der Waals surface area contributed by atoms with Gasteiger partial charge in [0.2, 0.25) is 0 Å². The largest absolute Gasteiger partial charge is 0.496 e. The molecule has 3 aromatic carbocycles. The number of hydrogen-bond donors (Lipinski definition) is 1. The van der Waals surface area contributed by atoms with Crippen molar-refractivity contribution >= 4 is 62.2 Å². The number of methoxy groups -OCH3 is 2. The third-order valence-electron chi connectivity index (χ3n) is 4.34. The van der Waals surface area contributed by atoms with Crippen LogP contribution in [-0.4, -0.2) is 26.3 Å². The number of hydrogen-bond acceptors (Lipinski definition) is 5. The summed E-state index contributed by atoms with van der Waals surface area (Å²) >= 11 is 12.0. The molecule has 0 aromatic heterocycles. The van der Waals surface area contributed by atoms with Crippen molar-refractivity contribution in [2.75, 3.05) is 14.2 Å². The Morgan fingerprint density at radius 1 is 1.09 bits per heavy atom. The van der Waals surface area contributed by atoms with Gasteiger partial charge in [-0.05, 0) is 76.2 Å². The van der Waals surface area contributed by atoms with E-state index in [0.29, 0.717) is 40.0 Å². The van der Waals surface area contributed by atoms with Crippen molar-refractivity contribution in [1.29, 1.82) is 0 Å².